The first-order valence-electron chi connectivity index (χ1n) is 11.0. The van der Waals surface area contributed by atoms with Gasteiger partial charge in [0.1, 0.15) is 13.2 Å². The second kappa shape index (κ2) is 7.40. The Labute approximate surface area is 191 Å². The minimum Gasteiger partial charge on any atom is -0.486 e. The van der Waals surface area contributed by atoms with Gasteiger partial charge in [-0.15, -0.1) is 0 Å². The number of hydrogen-bond donors (Lipinski definition) is 0. The minimum absolute atomic E-state index is 0.0124. The molecule has 0 atom stereocenters. The zero-order valence-electron chi connectivity index (χ0n) is 19.5. The van der Waals surface area contributed by atoms with Crippen LogP contribution in [-0.2, 0) is 19.5 Å². The molecule has 1 aliphatic heterocycles. The molecule has 7 nitrogen and oxygen atoms in total. The van der Waals surface area contributed by atoms with Crippen molar-refractivity contribution < 1.29 is 9.47 Å². The maximum atomic E-state index is 13.3. The fraction of sp³-hybridized carbons (Fsp3) is 0.308. The fourth-order valence-electron chi connectivity index (χ4n) is 4.34. The summed E-state index contributed by atoms with van der Waals surface area (Å²) in [5.41, 5.74) is 3.56. The highest BCUT2D eigenvalue weighted by molar-refractivity contribution is 5.95. The third-order valence-corrected chi connectivity index (χ3v) is 6.27. The lowest BCUT2D eigenvalue weighted by molar-refractivity contribution is 0.171. The van der Waals surface area contributed by atoms with Gasteiger partial charge >= 0.3 is 5.69 Å². The SMILES string of the molecule is Cn1c(=O)c2c(-c3ccc(C(C)(C)C)cc3)n(-c3ccc4c(c3)OCCO4)cc2n(C)c1=O. The predicted octanol–water partition coefficient (Wildman–Crippen LogP) is 3.76. The molecule has 2 aromatic heterocycles. The molecule has 4 aromatic rings. The molecule has 0 amide bonds. The van der Waals surface area contributed by atoms with Gasteiger partial charge in [0.25, 0.3) is 5.56 Å². The van der Waals surface area contributed by atoms with Crippen LogP contribution in [0.5, 0.6) is 11.5 Å². The van der Waals surface area contributed by atoms with Crippen molar-refractivity contribution >= 4 is 10.9 Å². The first kappa shape index (κ1) is 21.1. The van der Waals surface area contributed by atoms with E-state index in [1.54, 1.807) is 7.05 Å². The van der Waals surface area contributed by atoms with Gasteiger partial charge in [-0.2, -0.15) is 0 Å². The van der Waals surface area contributed by atoms with Gasteiger partial charge in [-0.05, 0) is 28.7 Å². The van der Waals surface area contributed by atoms with Crippen molar-refractivity contribution in [3.63, 3.8) is 0 Å². The highest BCUT2D eigenvalue weighted by Crippen LogP contribution is 2.36. The van der Waals surface area contributed by atoms with Crippen LogP contribution in [0.4, 0.5) is 0 Å². The third kappa shape index (κ3) is 3.35. The summed E-state index contributed by atoms with van der Waals surface area (Å²) in [7, 11) is 3.20. The molecular formula is C26H27N3O4. The maximum Gasteiger partial charge on any atom is 0.330 e. The minimum atomic E-state index is -0.360. The molecule has 0 bridgehead atoms. The quantitative estimate of drug-likeness (QED) is 0.471. The van der Waals surface area contributed by atoms with Crippen molar-refractivity contribution in [3.05, 3.63) is 75.1 Å². The summed E-state index contributed by atoms with van der Waals surface area (Å²) >= 11 is 0. The molecule has 2 aromatic carbocycles. The number of hydrogen-bond acceptors (Lipinski definition) is 4. The molecule has 0 unspecified atom stereocenters. The van der Waals surface area contributed by atoms with Crippen molar-refractivity contribution in [1.29, 1.82) is 0 Å². The topological polar surface area (TPSA) is 67.4 Å². The molecule has 0 radical (unpaired) electrons. The fourth-order valence-corrected chi connectivity index (χ4v) is 4.34. The van der Waals surface area contributed by atoms with Crippen LogP contribution < -0.4 is 20.7 Å². The molecule has 33 heavy (non-hydrogen) atoms. The van der Waals surface area contributed by atoms with E-state index in [0.29, 0.717) is 35.6 Å². The Hall–Kier alpha value is -3.74. The zero-order valence-corrected chi connectivity index (χ0v) is 19.5. The number of nitrogens with zero attached hydrogens (tertiary/aromatic N) is 3. The molecular weight excluding hydrogens is 418 g/mol. The molecule has 7 heteroatoms. The first-order chi connectivity index (χ1) is 15.7. The Morgan fingerprint density at radius 1 is 0.848 bits per heavy atom. The highest BCUT2D eigenvalue weighted by atomic mass is 16.6. The molecule has 170 valence electrons. The van der Waals surface area contributed by atoms with Gasteiger partial charge in [0.05, 0.1) is 16.6 Å². The van der Waals surface area contributed by atoms with Gasteiger partial charge in [-0.3, -0.25) is 13.9 Å². The Bertz CT molecular complexity index is 1500. The molecule has 0 aliphatic carbocycles. The van der Waals surface area contributed by atoms with E-state index in [-0.39, 0.29) is 16.7 Å². The number of aryl methyl sites for hydroxylation is 1. The second-order valence-corrected chi connectivity index (χ2v) is 9.47. The second-order valence-electron chi connectivity index (χ2n) is 9.47. The van der Waals surface area contributed by atoms with Crippen molar-refractivity contribution in [2.24, 2.45) is 14.1 Å². The Morgan fingerprint density at radius 2 is 1.52 bits per heavy atom. The maximum absolute atomic E-state index is 13.3. The summed E-state index contributed by atoms with van der Waals surface area (Å²) < 4.78 is 16.1. The normalized spacial score (nSPS) is 13.5. The lowest BCUT2D eigenvalue weighted by Crippen LogP contribution is -2.36. The third-order valence-electron chi connectivity index (χ3n) is 6.27. The van der Waals surface area contributed by atoms with Gasteiger partial charge in [0.15, 0.2) is 11.5 Å². The average molecular weight is 446 g/mol. The number of aromatic nitrogens is 3. The largest absolute Gasteiger partial charge is 0.486 e. The van der Waals surface area contributed by atoms with Crippen molar-refractivity contribution in [2.45, 2.75) is 26.2 Å². The summed E-state index contributed by atoms with van der Waals surface area (Å²) in [6.45, 7) is 7.51. The number of rotatable bonds is 2. The Kier molecular flexibility index (Phi) is 4.74. The van der Waals surface area contributed by atoms with Gasteiger partial charge in [-0.1, -0.05) is 45.0 Å². The van der Waals surface area contributed by atoms with Gasteiger partial charge in [0, 0.05) is 32.0 Å². The lowest BCUT2D eigenvalue weighted by Gasteiger charge is -2.20. The summed E-state index contributed by atoms with van der Waals surface area (Å²) in [6.07, 6.45) is 1.84. The first-order valence-corrected chi connectivity index (χ1v) is 11.0. The summed E-state index contributed by atoms with van der Waals surface area (Å²) in [4.78, 5) is 25.9. The van der Waals surface area contributed by atoms with Crippen LogP contribution in [0.3, 0.4) is 0 Å². The van der Waals surface area contributed by atoms with Crippen LogP contribution in [0.1, 0.15) is 26.3 Å². The standard InChI is InChI=1S/C26H27N3O4/c1-26(2,3)17-8-6-16(7-9-17)23-22-19(27(4)25(31)28(5)24(22)30)15-29(23)18-10-11-20-21(14-18)33-13-12-32-20/h6-11,14-15H,12-13H2,1-5H3. The van der Waals surface area contributed by atoms with Crippen LogP contribution in [-0.4, -0.2) is 26.9 Å². The van der Waals surface area contributed by atoms with E-state index < -0.39 is 0 Å². The lowest BCUT2D eigenvalue weighted by atomic mass is 9.86. The number of ether oxygens (including phenoxy) is 2. The van der Waals surface area contributed by atoms with Crippen LogP contribution >= 0.6 is 0 Å². The van der Waals surface area contributed by atoms with Crippen molar-refractivity contribution in [3.8, 4) is 28.4 Å². The van der Waals surface area contributed by atoms with Crippen LogP contribution in [0.2, 0.25) is 0 Å². The van der Waals surface area contributed by atoms with E-state index in [4.69, 9.17) is 9.47 Å². The molecule has 0 saturated carbocycles. The Balaban J connectivity index is 1.83. The Morgan fingerprint density at radius 3 is 2.18 bits per heavy atom. The predicted molar refractivity (Wildman–Crippen MR) is 129 cm³/mol. The number of fused-ring (bicyclic) bond motifs is 2. The van der Waals surface area contributed by atoms with Crippen LogP contribution in [0.25, 0.3) is 27.8 Å². The van der Waals surface area contributed by atoms with Gasteiger partial charge < -0.3 is 14.0 Å². The molecule has 0 N–H and O–H groups in total. The average Bonchev–Trinajstić information content (AvgIpc) is 3.21. The molecule has 5 rings (SSSR count). The smallest absolute Gasteiger partial charge is 0.330 e. The van der Waals surface area contributed by atoms with E-state index in [1.165, 1.54) is 17.2 Å². The monoisotopic (exact) mass is 445 g/mol. The van der Waals surface area contributed by atoms with E-state index in [0.717, 1.165) is 21.5 Å². The van der Waals surface area contributed by atoms with E-state index in [9.17, 15) is 9.59 Å². The zero-order chi connectivity index (χ0) is 23.5. The molecule has 3 heterocycles. The van der Waals surface area contributed by atoms with Crippen LogP contribution in [0, 0.1) is 0 Å². The van der Waals surface area contributed by atoms with Crippen LogP contribution in [0.15, 0.2) is 58.3 Å². The highest BCUT2D eigenvalue weighted by Gasteiger charge is 2.22. The van der Waals surface area contributed by atoms with E-state index >= 15 is 0 Å². The summed E-state index contributed by atoms with van der Waals surface area (Å²) in [6, 6.07) is 14.0. The van der Waals surface area contributed by atoms with Crippen molar-refractivity contribution in [1.82, 2.24) is 13.7 Å². The molecule has 0 saturated heterocycles. The summed E-state index contributed by atoms with van der Waals surface area (Å²) in [5, 5.41) is 0.498. The van der Waals surface area contributed by atoms with Crippen molar-refractivity contribution in [2.75, 3.05) is 13.2 Å². The van der Waals surface area contributed by atoms with E-state index in [1.807, 2.05) is 41.1 Å². The molecule has 0 spiro atoms. The molecule has 0 fully saturated rings. The number of benzene rings is 2. The molecule has 1 aliphatic rings. The summed E-state index contributed by atoms with van der Waals surface area (Å²) in [5.74, 6) is 1.36. The van der Waals surface area contributed by atoms with Gasteiger partial charge in [-0.25, -0.2) is 4.79 Å². The van der Waals surface area contributed by atoms with E-state index in [2.05, 4.69) is 32.9 Å². The van der Waals surface area contributed by atoms with Gasteiger partial charge in [0.2, 0.25) is 0 Å².